The molecular formula is C10H20N2. The van der Waals surface area contributed by atoms with E-state index in [2.05, 4.69) is 18.5 Å². The molecule has 0 heterocycles. The molecule has 0 aliphatic heterocycles. The van der Waals surface area contributed by atoms with Crippen molar-refractivity contribution >= 4 is 6.21 Å². The summed E-state index contributed by atoms with van der Waals surface area (Å²) in [6, 6.07) is 0.459. The van der Waals surface area contributed by atoms with Gasteiger partial charge in [-0.1, -0.05) is 13.0 Å². The molecule has 70 valence electrons. The Labute approximate surface area is 75.6 Å². The molecule has 2 nitrogen and oxygen atoms in total. The molecule has 2 N–H and O–H groups in total. The maximum atomic E-state index is 5.44. The molecular weight excluding hydrogens is 148 g/mol. The van der Waals surface area contributed by atoms with Crippen LogP contribution in [0.15, 0.2) is 17.3 Å². The fraction of sp³-hybridized carbons (Fsp3) is 0.700. The van der Waals surface area contributed by atoms with E-state index >= 15 is 0 Å². The Bertz CT molecular complexity index is 150. The van der Waals surface area contributed by atoms with E-state index in [1.54, 1.807) is 0 Å². The van der Waals surface area contributed by atoms with E-state index in [1.165, 1.54) is 6.42 Å². The van der Waals surface area contributed by atoms with E-state index in [9.17, 15) is 0 Å². The van der Waals surface area contributed by atoms with Gasteiger partial charge in [-0.05, 0) is 39.3 Å². The molecule has 0 amide bonds. The first-order valence-electron chi connectivity index (χ1n) is 4.58. The summed E-state index contributed by atoms with van der Waals surface area (Å²) in [6.07, 6.45) is 6.29. The number of rotatable bonds is 6. The molecule has 12 heavy (non-hydrogen) atoms. The van der Waals surface area contributed by atoms with Crippen molar-refractivity contribution in [3.8, 4) is 0 Å². The van der Waals surface area contributed by atoms with Gasteiger partial charge >= 0.3 is 0 Å². The van der Waals surface area contributed by atoms with Crippen LogP contribution in [0, 0.1) is 0 Å². The first-order valence-corrected chi connectivity index (χ1v) is 4.58. The standard InChI is InChI=1S/C10H20N2/c1-4-12-10(3)8-6-5-7-9(2)11/h4,10H,2,5-8,11H2,1,3H3. The minimum Gasteiger partial charge on any atom is -0.403 e. The summed E-state index contributed by atoms with van der Waals surface area (Å²) in [5, 5.41) is 0. The summed E-state index contributed by atoms with van der Waals surface area (Å²) in [5.41, 5.74) is 6.24. The second kappa shape index (κ2) is 6.89. The van der Waals surface area contributed by atoms with Crippen LogP contribution in [0.25, 0.3) is 0 Å². The number of hydrogen-bond acceptors (Lipinski definition) is 2. The number of nitrogens with zero attached hydrogens (tertiary/aromatic N) is 1. The zero-order valence-corrected chi connectivity index (χ0v) is 8.21. The lowest BCUT2D eigenvalue weighted by Crippen LogP contribution is -1.99. The van der Waals surface area contributed by atoms with Crippen molar-refractivity contribution in [2.24, 2.45) is 10.7 Å². The second-order valence-electron chi connectivity index (χ2n) is 3.16. The van der Waals surface area contributed by atoms with Gasteiger partial charge in [-0.3, -0.25) is 4.99 Å². The van der Waals surface area contributed by atoms with E-state index in [4.69, 9.17) is 5.73 Å². The highest BCUT2D eigenvalue weighted by Gasteiger charge is 1.96. The fourth-order valence-electron chi connectivity index (χ4n) is 1.12. The van der Waals surface area contributed by atoms with Gasteiger partial charge < -0.3 is 5.73 Å². The number of hydrogen-bond donors (Lipinski definition) is 1. The summed E-state index contributed by atoms with van der Waals surface area (Å²) >= 11 is 0. The van der Waals surface area contributed by atoms with E-state index in [1.807, 2.05) is 13.1 Å². The lowest BCUT2D eigenvalue weighted by Gasteiger charge is -2.04. The Morgan fingerprint density at radius 2 is 2.25 bits per heavy atom. The molecule has 0 rings (SSSR count). The molecule has 0 radical (unpaired) electrons. The first kappa shape index (κ1) is 11.2. The van der Waals surface area contributed by atoms with Gasteiger partial charge in [-0.25, -0.2) is 0 Å². The van der Waals surface area contributed by atoms with Crippen molar-refractivity contribution in [1.82, 2.24) is 0 Å². The molecule has 2 heteroatoms. The summed E-state index contributed by atoms with van der Waals surface area (Å²) < 4.78 is 0. The van der Waals surface area contributed by atoms with Crippen molar-refractivity contribution in [3.05, 3.63) is 12.3 Å². The van der Waals surface area contributed by atoms with Crippen LogP contribution in [-0.2, 0) is 0 Å². The van der Waals surface area contributed by atoms with Crippen molar-refractivity contribution in [2.75, 3.05) is 0 Å². The maximum Gasteiger partial charge on any atom is 0.0467 e. The summed E-state index contributed by atoms with van der Waals surface area (Å²) in [5.74, 6) is 0. The third-order valence-electron chi connectivity index (χ3n) is 1.77. The third kappa shape index (κ3) is 7.32. The topological polar surface area (TPSA) is 38.4 Å². The van der Waals surface area contributed by atoms with Gasteiger partial charge in [0, 0.05) is 11.7 Å². The van der Waals surface area contributed by atoms with Crippen LogP contribution in [0.2, 0.25) is 0 Å². The predicted molar refractivity (Wildman–Crippen MR) is 55.4 cm³/mol. The Kier molecular flexibility index (Phi) is 6.44. The molecule has 0 bridgehead atoms. The van der Waals surface area contributed by atoms with Crippen LogP contribution in [0.1, 0.15) is 39.5 Å². The number of nitrogens with two attached hydrogens (primary N) is 1. The van der Waals surface area contributed by atoms with Crippen LogP contribution in [0.4, 0.5) is 0 Å². The molecule has 1 atom stereocenters. The average molecular weight is 168 g/mol. The molecule has 0 aromatic rings. The van der Waals surface area contributed by atoms with Crippen LogP contribution >= 0.6 is 0 Å². The van der Waals surface area contributed by atoms with E-state index in [-0.39, 0.29) is 0 Å². The number of aliphatic imine (C=N–C) groups is 1. The number of unbranched alkanes of at least 4 members (excludes halogenated alkanes) is 1. The minimum atomic E-state index is 0.459. The Hall–Kier alpha value is -0.790. The Balaban J connectivity index is 3.25. The summed E-state index contributed by atoms with van der Waals surface area (Å²) in [4.78, 5) is 4.26. The maximum absolute atomic E-state index is 5.44. The fourth-order valence-corrected chi connectivity index (χ4v) is 1.12. The molecule has 1 unspecified atom stereocenters. The zero-order valence-electron chi connectivity index (χ0n) is 8.21. The predicted octanol–water partition coefficient (Wildman–Crippen LogP) is 2.50. The molecule has 0 aromatic carbocycles. The van der Waals surface area contributed by atoms with Gasteiger partial charge in [0.25, 0.3) is 0 Å². The van der Waals surface area contributed by atoms with E-state index in [0.29, 0.717) is 6.04 Å². The number of allylic oxidation sites excluding steroid dienone is 1. The first-order chi connectivity index (χ1) is 5.66. The van der Waals surface area contributed by atoms with Gasteiger partial charge in [0.1, 0.15) is 0 Å². The van der Waals surface area contributed by atoms with Gasteiger partial charge in [0.15, 0.2) is 0 Å². The van der Waals surface area contributed by atoms with Gasteiger partial charge in [-0.2, -0.15) is 0 Å². The minimum absolute atomic E-state index is 0.459. The molecule has 0 spiro atoms. The molecule has 0 saturated heterocycles. The highest BCUT2D eigenvalue weighted by Crippen LogP contribution is 2.07. The molecule has 0 aliphatic rings. The quantitative estimate of drug-likeness (QED) is 0.480. The van der Waals surface area contributed by atoms with Crippen LogP contribution < -0.4 is 5.73 Å². The van der Waals surface area contributed by atoms with Crippen LogP contribution in [0.3, 0.4) is 0 Å². The van der Waals surface area contributed by atoms with Crippen molar-refractivity contribution in [1.29, 1.82) is 0 Å². The lowest BCUT2D eigenvalue weighted by molar-refractivity contribution is 0.598. The van der Waals surface area contributed by atoms with Crippen LogP contribution in [0.5, 0.6) is 0 Å². The monoisotopic (exact) mass is 168 g/mol. The molecule has 0 aliphatic carbocycles. The Morgan fingerprint density at radius 3 is 2.75 bits per heavy atom. The largest absolute Gasteiger partial charge is 0.403 e. The van der Waals surface area contributed by atoms with Gasteiger partial charge in [0.05, 0.1) is 0 Å². The molecule has 0 saturated carbocycles. The molecule has 0 aromatic heterocycles. The SMILES string of the molecule is C=C(N)CCCCC(C)N=CC. The zero-order chi connectivity index (χ0) is 9.40. The van der Waals surface area contributed by atoms with Crippen molar-refractivity contribution in [2.45, 2.75) is 45.6 Å². The second-order valence-corrected chi connectivity index (χ2v) is 3.16. The summed E-state index contributed by atoms with van der Waals surface area (Å²) in [6.45, 7) is 7.75. The highest BCUT2D eigenvalue weighted by atomic mass is 14.7. The van der Waals surface area contributed by atoms with Gasteiger partial charge in [0.2, 0.25) is 0 Å². The normalized spacial score (nSPS) is 13.5. The lowest BCUT2D eigenvalue weighted by atomic mass is 10.1. The van der Waals surface area contributed by atoms with Crippen molar-refractivity contribution < 1.29 is 0 Å². The third-order valence-corrected chi connectivity index (χ3v) is 1.77. The summed E-state index contributed by atoms with van der Waals surface area (Å²) in [7, 11) is 0. The van der Waals surface area contributed by atoms with Crippen molar-refractivity contribution in [3.63, 3.8) is 0 Å². The molecule has 0 fully saturated rings. The highest BCUT2D eigenvalue weighted by molar-refractivity contribution is 5.53. The van der Waals surface area contributed by atoms with Crippen LogP contribution in [-0.4, -0.2) is 12.3 Å². The Morgan fingerprint density at radius 1 is 1.58 bits per heavy atom. The smallest absolute Gasteiger partial charge is 0.0467 e. The van der Waals surface area contributed by atoms with Gasteiger partial charge in [-0.15, -0.1) is 0 Å². The van der Waals surface area contributed by atoms with E-state index in [0.717, 1.165) is 25.0 Å². The van der Waals surface area contributed by atoms with E-state index < -0.39 is 0 Å². The average Bonchev–Trinajstić information content (AvgIpc) is 1.98.